The van der Waals surface area contributed by atoms with Gasteiger partial charge in [0.05, 0.1) is 5.56 Å². The Bertz CT molecular complexity index is 941. The van der Waals surface area contributed by atoms with Crippen molar-refractivity contribution in [2.24, 2.45) is 0 Å². The van der Waals surface area contributed by atoms with Gasteiger partial charge in [-0.15, -0.1) is 0 Å². The molecule has 5 heteroatoms. The van der Waals surface area contributed by atoms with Crippen LogP contribution in [0.2, 0.25) is 0 Å². The monoisotopic (exact) mass is 332 g/mol. The van der Waals surface area contributed by atoms with Gasteiger partial charge in [0.1, 0.15) is 6.17 Å². The molecule has 0 fully saturated rings. The lowest BCUT2D eigenvalue weighted by atomic mass is 10.0. The van der Waals surface area contributed by atoms with Gasteiger partial charge in [0.2, 0.25) is 0 Å². The summed E-state index contributed by atoms with van der Waals surface area (Å²) in [5, 5.41) is 22.8. The van der Waals surface area contributed by atoms with Crippen molar-refractivity contribution in [2.75, 3.05) is 10.2 Å². The minimum atomic E-state index is -0.503. The minimum absolute atomic E-state index is 0.127. The highest BCUT2D eigenvalue weighted by Crippen LogP contribution is 2.38. The maximum absolute atomic E-state index is 13.1. The zero-order valence-corrected chi connectivity index (χ0v) is 13.3. The third-order valence-electron chi connectivity index (χ3n) is 4.28. The zero-order valence-electron chi connectivity index (χ0n) is 13.3. The topological polar surface area (TPSA) is 72.8 Å². The number of phenolic OH excluding ortho intramolecular Hbond substituents is 2. The number of aromatic hydroxyl groups is 2. The Hall–Kier alpha value is -3.47. The second-order valence-corrected chi connectivity index (χ2v) is 5.85. The van der Waals surface area contributed by atoms with Crippen molar-refractivity contribution < 1.29 is 15.0 Å². The van der Waals surface area contributed by atoms with E-state index in [0.717, 1.165) is 11.4 Å². The molecule has 0 saturated heterocycles. The fraction of sp³-hybridized carbons (Fsp3) is 0.0500. The average Bonchev–Trinajstić information content (AvgIpc) is 2.64. The number of amides is 1. The third kappa shape index (κ3) is 2.55. The number of hydrogen-bond acceptors (Lipinski definition) is 4. The summed E-state index contributed by atoms with van der Waals surface area (Å²) in [4.78, 5) is 14.8. The van der Waals surface area contributed by atoms with Gasteiger partial charge in [0, 0.05) is 11.4 Å². The van der Waals surface area contributed by atoms with E-state index in [9.17, 15) is 15.0 Å². The number of carbonyl (C=O) groups is 1. The van der Waals surface area contributed by atoms with E-state index >= 15 is 0 Å². The number of fused-ring (bicyclic) bond motifs is 1. The van der Waals surface area contributed by atoms with Crippen LogP contribution < -0.4 is 10.2 Å². The SMILES string of the molecule is O=C1c2ccccc2NC(c2ccc(O)c(O)c2)N1c1ccccc1. The molecular formula is C20H16N2O3. The van der Waals surface area contributed by atoms with Crippen LogP contribution in [0.3, 0.4) is 0 Å². The normalized spacial score (nSPS) is 16.2. The first kappa shape index (κ1) is 15.1. The van der Waals surface area contributed by atoms with E-state index in [1.807, 2.05) is 48.5 Å². The predicted octanol–water partition coefficient (Wildman–Crippen LogP) is 3.87. The molecule has 1 aliphatic rings. The molecule has 1 amide bonds. The summed E-state index contributed by atoms with van der Waals surface area (Å²) in [5.41, 5.74) is 2.73. The minimum Gasteiger partial charge on any atom is -0.504 e. The van der Waals surface area contributed by atoms with Crippen molar-refractivity contribution in [3.05, 3.63) is 83.9 Å². The molecule has 1 heterocycles. The van der Waals surface area contributed by atoms with Crippen LogP contribution in [0.25, 0.3) is 0 Å². The van der Waals surface area contributed by atoms with Crippen molar-refractivity contribution in [3.63, 3.8) is 0 Å². The molecule has 3 aromatic rings. The lowest BCUT2D eigenvalue weighted by Crippen LogP contribution is -2.43. The lowest BCUT2D eigenvalue weighted by molar-refractivity contribution is 0.0975. The van der Waals surface area contributed by atoms with Gasteiger partial charge in [-0.3, -0.25) is 9.69 Å². The van der Waals surface area contributed by atoms with Gasteiger partial charge >= 0.3 is 0 Å². The van der Waals surface area contributed by atoms with Crippen LogP contribution in [-0.2, 0) is 0 Å². The average molecular weight is 332 g/mol. The highest BCUT2D eigenvalue weighted by molar-refractivity contribution is 6.12. The summed E-state index contributed by atoms with van der Waals surface area (Å²) >= 11 is 0. The molecule has 5 nitrogen and oxygen atoms in total. The van der Waals surface area contributed by atoms with E-state index in [0.29, 0.717) is 11.1 Å². The number of hydrogen-bond donors (Lipinski definition) is 3. The van der Waals surface area contributed by atoms with Crippen LogP contribution in [0.1, 0.15) is 22.1 Å². The first-order valence-electron chi connectivity index (χ1n) is 7.91. The van der Waals surface area contributed by atoms with Crippen LogP contribution in [-0.4, -0.2) is 16.1 Å². The molecule has 25 heavy (non-hydrogen) atoms. The Morgan fingerprint density at radius 2 is 1.56 bits per heavy atom. The van der Waals surface area contributed by atoms with Crippen LogP contribution >= 0.6 is 0 Å². The fourth-order valence-electron chi connectivity index (χ4n) is 3.05. The van der Waals surface area contributed by atoms with Crippen LogP contribution in [0.4, 0.5) is 11.4 Å². The summed E-state index contributed by atoms with van der Waals surface area (Å²) in [5.74, 6) is -0.547. The van der Waals surface area contributed by atoms with E-state index < -0.39 is 6.17 Å². The predicted molar refractivity (Wildman–Crippen MR) is 95.8 cm³/mol. The van der Waals surface area contributed by atoms with Gasteiger partial charge in [-0.25, -0.2) is 0 Å². The van der Waals surface area contributed by atoms with Crippen molar-refractivity contribution in [1.82, 2.24) is 0 Å². The van der Waals surface area contributed by atoms with Crippen molar-refractivity contribution in [2.45, 2.75) is 6.17 Å². The van der Waals surface area contributed by atoms with E-state index in [2.05, 4.69) is 5.32 Å². The number of benzene rings is 3. The lowest BCUT2D eigenvalue weighted by Gasteiger charge is -2.38. The zero-order chi connectivity index (χ0) is 17.4. The standard InChI is InChI=1S/C20H16N2O3/c23-17-11-10-13(12-18(17)24)19-21-16-9-5-4-8-15(16)20(25)22(19)14-6-2-1-3-7-14/h1-12,19,21,23-24H. The van der Waals surface area contributed by atoms with Crippen molar-refractivity contribution >= 4 is 17.3 Å². The molecule has 0 bridgehead atoms. The first-order chi connectivity index (χ1) is 12.1. The number of anilines is 2. The Kier molecular flexibility index (Phi) is 3.54. The number of rotatable bonds is 2. The Morgan fingerprint density at radius 3 is 2.32 bits per heavy atom. The van der Waals surface area contributed by atoms with E-state index in [4.69, 9.17) is 0 Å². The first-order valence-corrected chi connectivity index (χ1v) is 7.91. The molecule has 124 valence electrons. The number of para-hydroxylation sites is 2. The Morgan fingerprint density at radius 1 is 0.840 bits per heavy atom. The molecule has 1 unspecified atom stereocenters. The van der Waals surface area contributed by atoms with E-state index in [-0.39, 0.29) is 17.4 Å². The molecule has 0 saturated carbocycles. The van der Waals surface area contributed by atoms with Crippen LogP contribution in [0.5, 0.6) is 11.5 Å². The molecule has 0 radical (unpaired) electrons. The summed E-state index contributed by atoms with van der Waals surface area (Å²) in [6.45, 7) is 0. The summed E-state index contributed by atoms with van der Waals surface area (Å²) in [7, 11) is 0. The molecule has 0 aliphatic carbocycles. The number of nitrogens with one attached hydrogen (secondary N) is 1. The van der Waals surface area contributed by atoms with Crippen LogP contribution in [0, 0.1) is 0 Å². The molecule has 3 N–H and O–H groups in total. The van der Waals surface area contributed by atoms with Gasteiger partial charge in [0.15, 0.2) is 11.5 Å². The largest absolute Gasteiger partial charge is 0.504 e. The highest BCUT2D eigenvalue weighted by atomic mass is 16.3. The molecule has 0 aromatic heterocycles. The van der Waals surface area contributed by atoms with Crippen molar-refractivity contribution in [1.29, 1.82) is 0 Å². The maximum atomic E-state index is 13.1. The quantitative estimate of drug-likeness (QED) is 0.623. The summed E-state index contributed by atoms with van der Waals surface area (Å²) in [6, 6.07) is 21.2. The second kappa shape index (κ2) is 5.87. The molecule has 1 atom stereocenters. The number of carbonyl (C=O) groups excluding carboxylic acids is 1. The maximum Gasteiger partial charge on any atom is 0.262 e. The van der Waals surface area contributed by atoms with Gasteiger partial charge in [-0.2, -0.15) is 0 Å². The second-order valence-electron chi connectivity index (χ2n) is 5.85. The Labute approximate surface area is 144 Å². The highest BCUT2D eigenvalue weighted by Gasteiger charge is 2.34. The van der Waals surface area contributed by atoms with Gasteiger partial charge in [-0.1, -0.05) is 36.4 Å². The van der Waals surface area contributed by atoms with Crippen molar-refractivity contribution in [3.8, 4) is 11.5 Å². The number of phenols is 2. The molecular weight excluding hydrogens is 316 g/mol. The number of nitrogens with zero attached hydrogens (tertiary/aromatic N) is 1. The van der Waals surface area contributed by atoms with E-state index in [1.54, 1.807) is 17.0 Å². The fourth-order valence-corrected chi connectivity index (χ4v) is 3.05. The Balaban J connectivity index is 1.87. The van der Waals surface area contributed by atoms with E-state index in [1.165, 1.54) is 12.1 Å². The van der Waals surface area contributed by atoms with Crippen LogP contribution in [0.15, 0.2) is 72.8 Å². The molecule has 3 aromatic carbocycles. The summed E-state index contributed by atoms with van der Waals surface area (Å²) in [6.07, 6.45) is -0.503. The smallest absolute Gasteiger partial charge is 0.262 e. The third-order valence-corrected chi connectivity index (χ3v) is 4.28. The molecule has 4 rings (SSSR count). The van der Waals surface area contributed by atoms with Gasteiger partial charge in [-0.05, 0) is 42.0 Å². The summed E-state index contributed by atoms with van der Waals surface area (Å²) < 4.78 is 0. The molecule has 1 aliphatic heterocycles. The van der Waals surface area contributed by atoms with Gasteiger partial charge in [0.25, 0.3) is 5.91 Å². The molecule has 0 spiro atoms. The van der Waals surface area contributed by atoms with Gasteiger partial charge < -0.3 is 15.5 Å².